The molecule has 22 heavy (non-hydrogen) atoms. The highest BCUT2D eigenvalue weighted by atomic mass is 32.2. The SMILES string of the molecule is C[C@@H]1CCc2c(C(=O)NS(=O)(=O)c3cnccn3)csc2C1. The molecular formula is C14H15N3O3S2. The summed E-state index contributed by atoms with van der Waals surface area (Å²) in [6, 6.07) is 0. The number of carbonyl (C=O) groups excluding carboxylic acids is 1. The molecule has 3 rings (SSSR count). The van der Waals surface area contributed by atoms with E-state index in [1.807, 2.05) is 0 Å². The summed E-state index contributed by atoms with van der Waals surface area (Å²) >= 11 is 1.52. The molecule has 2 heterocycles. The van der Waals surface area contributed by atoms with E-state index in [1.54, 1.807) is 5.38 Å². The average Bonchev–Trinajstić information content (AvgIpc) is 2.90. The number of sulfonamides is 1. The maximum Gasteiger partial charge on any atom is 0.283 e. The fraction of sp³-hybridized carbons (Fsp3) is 0.357. The van der Waals surface area contributed by atoms with Crippen molar-refractivity contribution >= 4 is 27.3 Å². The van der Waals surface area contributed by atoms with E-state index in [4.69, 9.17) is 0 Å². The van der Waals surface area contributed by atoms with Gasteiger partial charge in [0.25, 0.3) is 15.9 Å². The highest BCUT2D eigenvalue weighted by molar-refractivity contribution is 7.90. The van der Waals surface area contributed by atoms with E-state index in [-0.39, 0.29) is 5.03 Å². The Kier molecular flexibility index (Phi) is 3.96. The predicted octanol–water partition coefficient (Wildman–Crippen LogP) is 1.78. The molecule has 2 aromatic rings. The zero-order valence-corrected chi connectivity index (χ0v) is 13.6. The summed E-state index contributed by atoms with van der Waals surface area (Å²) in [7, 11) is -3.99. The molecule has 0 bridgehead atoms. The summed E-state index contributed by atoms with van der Waals surface area (Å²) in [6.45, 7) is 2.18. The van der Waals surface area contributed by atoms with Crippen LogP contribution in [-0.4, -0.2) is 24.3 Å². The summed E-state index contributed by atoms with van der Waals surface area (Å²) in [5.74, 6) is 0.00286. The van der Waals surface area contributed by atoms with E-state index < -0.39 is 15.9 Å². The van der Waals surface area contributed by atoms with Crippen molar-refractivity contribution in [2.45, 2.75) is 31.2 Å². The topological polar surface area (TPSA) is 89.0 Å². The largest absolute Gasteiger partial charge is 0.283 e. The Balaban J connectivity index is 1.84. The van der Waals surface area contributed by atoms with Gasteiger partial charge in [-0.3, -0.25) is 9.78 Å². The average molecular weight is 337 g/mol. The van der Waals surface area contributed by atoms with Crippen LogP contribution < -0.4 is 4.72 Å². The highest BCUT2D eigenvalue weighted by Crippen LogP contribution is 2.32. The van der Waals surface area contributed by atoms with Gasteiger partial charge < -0.3 is 0 Å². The number of hydrogen-bond donors (Lipinski definition) is 1. The second-order valence-electron chi connectivity index (χ2n) is 5.38. The van der Waals surface area contributed by atoms with E-state index >= 15 is 0 Å². The summed E-state index contributed by atoms with van der Waals surface area (Å²) in [6.07, 6.45) is 6.53. The van der Waals surface area contributed by atoms with E-state index in [2.05, 4.69) is 21.6 Å². The van der Waals surface area contributed by atoms with Gasteiger partial charge in [-0.25, -0.2) is 9.71 Å². The van der Waals surface area contributed by atoms with Crippen molar-refractivity contribution in [1.82, 2.24) is 14.7 Å². The second kappa shape index (κ2) is 5.77. The molecule has 1 aliphatic rings. The van der Waals surface area contributed by atoms with Crippen molar-refractivity contribution in [3.05, 3.63) is 40.0 Å². The Morgan fingerprint density at radius 2 is 2.23 bits per heavy atom. The summed E-state index contributed by atoms with van der Waals surface area (Å²) in [5.41, 5.74) is 1.44. The molecule has 0 saturated heterocycles. The minimum absolute atomic E-state index is 0.263. The molecule has 0 radical (unpaired) electrons. The van der Waals surface area contributed by atoms with Crippen LogP contribution in [0.15, 0.2) is 29.0 Å². The van der Waals surface area contributed by atoms with E-state index in [0.29, 0.717) is 11.5 Å². The van der Waals surface area contributed by atoms with Crippen LogP contribution in [0.1, 0.15) is 34.1 Å². The number of rotatable bonds is 3. The monoisotopic (exact) mass is 337 g/mol. The fourth-order valence-electron chi connectivity index (χ4n) is 2.52. The van der Waals surface area contributed by atoms with Crippen LogP contribution in [0.25, 0.3) is 0 Å². The van der Waals surface area contributed by atoms with E-state index in [0.717, 1.165) is 31.0 Å². The Morgan fingerprint density at radius 1 is 1.41 bits per heavy atom. The number of aromatic nitrogens is 2. The molecule has 0 saturated carbocycles. The number of nitrogens with one attached hydrogen (secondary N) is 1. The molecule has 0 aromatic carbocycles. The van der Waals surface area contributed by atoms with Crippen LogP contribution in [0.3, 0.4) is 0 Å². The molecule has 1 atom stereocenters. The Morgan fingerprint density at radius 3 is 2.95 bits per heavy atom. The van der Waals surface area contributed by atoms with Gasteiger partial charge in [0.2, 0.25) is 0 Å². The van der Waals surface area contributed by atoms with Gasteiger partial charge in [0.05, 0.1) is 11.8 Å². The number of amides is 1. The van der Waals surface area contributed by atoms with Crippen molar-refractivity contribution in [3.8, 4) is 0 Å². The molecule has 2 aromatic heterocycles. The number of hydrogen-bond acceptors (Lipinski definition) is 6. The van der Waals surface area contributed by atoms with E-state index in [1.165, 1.54) is 28.6 Å². The Hall–Kier alpha value is -1.80. The third kappa shape index (κ3) is 2.89. The summed E-state index contributed by atoms with van der Waals surface area (Å²) in [5, 5.41) is 1.48. The molecular weight excluding hydrogens is 322 g/mol. The highest BCUT2D eigenvalue weighted by Gasteiger charge is 2.26. The minimum Gasteiger partial charge on any atom is -0.268 e. The zero-order chi connectivity index (χ0) is 15.7. The van der Waals surface area contributed by atoms with Crippen molar-refractivity contribution in [2.24, 2.45) is 5.92 Å². The van der Waals surface area contributed by atoms with Crippen molar-refractivity contribution in [1.29, 1.82) is 0 Å². The maximum atomic E-state index is 12.3. The molecule has 6 nitrogen and oxygen atoms in total. The minimum atomic E-state index is -3.99. The molecule has 0 fully saturated rings. The lowest BCUT2D eigenvalue weighted by Gasteiger charge is -2.18. The number of thiophene rings is 1. The number of carbonyl (C=O) groups is 1. The maximum absolute atomic E-state index is 12.3. The smallest absolute Gasteiger partial charge is 0.268 e. The molecule has 1 N–H and O–H groups in total. The van der Waals surface area contributed by atoms with Crippen LogP contribution in [0.5, 0.6) is 0 Å². The molecule has 0 unspecified atom stereocenters. The first-order valence-corrected chi connectivity index (χ1v) is 9.26. The van der Waals surface area contributed by atoms with Crippen LogP contribution in [0.4, 0.5) is 0 Å². The third-order valence-corrected chi connectivity index (χ3v) is 5.95. The first-order valence-electron chi connectivity index (χ1n) is 6.90. The predicted molar refractivity (Wildman–Crippen MR) is 82.2 cm³/mol. The van der Waals surface area contributed by atoms with Crippen LogP contribution in [-0.2, 0) is 22.9 Å². The van der Waals surface area contributed by atoms with Gasteiger partial charge in [0.1, 0.15) is 0 Å². The van der Waals surface area contributed by atoms with Gasteiger partial charge in [0.15, 0.2) is 5.03 Å². The third-order valence-electron chi connectivity index (χ3n) is 3.69. The normalized spacial score (nSPS) is 17.8. The molecule has 1 amide bonds. The number of fused-ring (bicyclic) bond motifs is 1. The van der Waals surface area contributed by atoms with Gasteiger partial charge in [-0.05, 0) is 30.7 Å². The van der Waals surface area contributed by atoms with Gasteiger partial charge in [-0.2, -0.15) is 8.42 Å². The molecule has 8 heteroatoms. The lowest BCUT2D eigenvalue weighted by Crippen LogP contribution is -2.31. The zero-order valence-electron chi connectivity index (χ0n) is 11.9. The lowest BCUT2D eigenvalue weighted by molar-refractivity contribution is 0.0980. The Bertz CT molecular complexity index is 800. The standard InChI is InChI=1S/C14H15N3O3S2/c1-9-2-3-10-11(8-21-12(10)6-9)14(18)17-22(19,20)13-7-15-4-5-16-13/h4-5,7-9H,2-3,6H2,1H3,(H,17,18)/t9-/m1/s1. The van der Waals surface area contributed by atoms with Crippen LogP contribution in [0, 0.1) is 5.92 Å². The molecule has 0 spiro atoms. The molecule has 1 aliphatic carbocycles. The quantitative estimate of drug-likeness (QED) is 0.922. The van der Waals surface area contributed by atoms with Crippen molar-refractivity contribution < 1.29 is 13.2 Å². The van der Waals surface area contributed by atoms with Gasteiger partial charge >= 0.3 is 0 Å². The first kappa shape index (κ1) is 15.1. The van der Waals surface area contributed by atoms with Crippen molar-refractivity contribution in [2.75, 3.05) is 0 Å². The summed E-state index contributed by atoms with van der Waals surface area (Å²) < 4.78 is 26.3. The first-order chi connectivity index (χ1) is 10.5. The molecule has 0 aliphatic heterocycles. The van der Waals surface area contributed by atoms with Gasteiger partial charge in [0, 0.05) is 22.7 Å². The lowest BCUT2D eigenvalue weighted by atomic mass is 9.88. The fourth-order valence-corrected chi connectivity index (χ4v) is 4.62. The second-order valence-corrected chi connectivity index (χ2v) is 7.97. The summed E-state index contributed by atoms with van der Waals surface area (Å²) in [4.78, 5) is 20.9. The number of nitrogens with zero attached hydrogens (tertiary/aromatic N) is 2. The molecule has 116 valence electrons. The van der Waals surface area contributed by atoms with Crippen LogP contribution in [0.2, 0.25) is 0 Å². The van der Waals surface area contributed by atoms with Gasteiger partial charge in [-0.15, -0.1) is 11.3 Å². The van der Waals surface area contributed by atoms with Gasteiger partial charge in [-0.1, -0.05) is 6.92 Å². The Labute approximate surface area is 132 Å². The van der Waals surface area contributed by atoms with Crippen LogP contribution >= 0.6 is 11.3 Å². The van der Waals surface area contributed by atoms with E-state index in [9.17, 15) is 13.2 Å². The van der Waals surface area contributed by atoms with Crippen molar-refractivity contribution in [3.63, 3.8) is 0 Å².